The minimum atomic E-state index is -3.36. The van der Waals surface area contributed by atoms with E-state index in [-0.39, 0.29) is 0 Å². The van der Waals surface area contributed by atoms with Crippen molar-refractivity contribution < 1.29 is 8.42 Å². The molecule has 2 heterocycles. The van der Waals surface area contributed by atoms with E-state index >= 15 is 0 Å². The zero-order chi connectivity index (χ0) is 13.2. The van der Waals surface area contributed by atoms with Crippen molar-refractivity contribution in [3.63, 3.8) is 0 Å². The van der Waals surface area contributed by atoms with Gasteiger partial charge in [0.1, 0.15) is 0 Å². The lowest BCUT2D eigenvalue weighted by Crippen LogP contribution is -2.33. The Morgan fingerprint density at radius 3 is 2.83 bits per heavy atom. The van der Waals surface area contributed by atoms with Crippen LogP contribution in [-0.4, -0.2) is 37.5 Å². The summed E-state index contributed by atoms with van der Waals surface area (Å²) in [5.74, 6) is 3.31. The van der Waals surface area contributed by atoms with E-state index in [1.54, 1.807) is 6.07 Å². The summed E-state index contributed by atoms with van der Waals surface area (Å²) in [4.78, 5) is 1.22. The number of thiophene rings is 1. The molecule has 0 aromatic carbocycles. The fourth-order valence-electron chi connectivity index (χ4n) is 1.63. The van der Waals surface area contributed by atoms with E-state index in [4.69, 9.17) is 0 Å². The van der Waals surface area contributed by atoms with Gasteiger partial charge in [-0.25, -0.2) is 13.1 Å². The van der Waals surface area contributed by atoms with Crippen molar-refractivity contribution in [2.75, 3.05) is 23.8 Å². The topological polar surface area (TPSA) is 46.2 Å². The van der Waals surface area contributed by atoms with Gasteiger partial charge in [-0.2, -0.15) is 23.5 Å². The smallest absolute Gasteiger partial charge is 0.210 e. The Hall–Kier alpha value is 0.790. The Morgan fingerprint density at radius 2 is 2.28 bits per heavy atom. The molecule has 1 atom stereocenters. The van der Waals surface area contributed by atoms with Gasteiger partial charge in [0.2, 0.25) is 10.0 Å². The largest absolute Gasteiger partial charge is 0.241 e. The summed E-state index contributed by atoms with van der Waals surface area (Å²) in [5, 5.41) is 0.390. The van der Waals surface area contributed by atoms with Crippen LogP contribution in [-0.2, 0) is 10.0 Å². The van der Waals surface area contributed by atoms with Crippen LogP contribution in [0.25, 0.3) is 0 Å². The zero-order valence-electron chi connectivity index (χ0n) is 9.81. The molecule has 102 valence electrons. The summed E-state index contributed by atoms with van der Waals surface area (Å²) < 4.78 is 27.9. The molecule has 1 aromatic rings. The summed E-state index contributed by atoms with van der Waals surface area (Å²) in [6, 6.07) is 1.67. The molecule has 1 N–H and O–H groups in total. The maximum atomic E-state index is 12.2. The van der Waals surface area contributed by atoms with Crippen molar-refractivity contribution in [1.82, 2.24) is 4.72 Å². The van der Waals surface area contributed by atoms with Crippen molar-refractivity contribution in [3.8, 4) is 0 Å². The van der Waals surface area contributed by atoms with Crippen molar-refractivity contribution in [2.24, 2.45) is 0 Å². The third kappa shape index (κ3) is 3.89. The normalized spacial score (nSPS) is 21.1. The van der Waals surface area contributed by atoms with Gasteiger partial charge >= 0.3 is 0 Å². The molecule has 3 nitrogen and oxygen atoms in total. The lowest BCUT2D eigenvalue weighted by Gasteiger charge is -2.21. The molecule has 18 heavy (non-hydrogen) atoms. The Bertz CT molecular complexity index is 508. The molecule has 0 bridgehead atoms. The SMILES string of the molecule is Cc1sc(Br)cc1S(=O)(=O)NCC1CSCCS1. The lowest BCUT2D eigenvalue weighted by molar-refractivity contribution is 0.581. The third-order valence-electron chi connectivity index (χ3n) is 2.52. The van der Waals surface area contributed by atoms with Crippen LogP contribution in [0.1, 0.15) is 4.88 Å². The quantitative estimate of drug-likeness (QED) is 0.862. The van der Waals surface area contributed by atoms with Gasteiger partial charge in [-0.05, 0) is 28.9 Å². The van der Waals surface area contributed by atoms with Gasteiger partial charge in [0.25, 0.3) is 0 Å². The third-order valence-corrected chi connectivity index (χ3v) is 8.59. The molecule has 1 fully saturated rings. The van der Waals surface area contributed by atoms with E-state index in [0.717, 1.165) is 20.2 Å². The molecule has 8 heteroatoms. The summed E-state index contributed by atoms with van der Waals surface area (Å²) in [6.07, 6.45) is 0. The molecule has 1 aliphatic rings. The Balaban J connectivity index is 2.01. The van der Waals surface area contributed by atoms with Crippen molar-refractivity contribution in [3.05, 3.63) is 14.7 Å². The second-order valence-electron chi connectivity index (χ2n) is 3.89. The van der Waals surface area contributed by atoms with Crippen LogP contribution in [0.5, 0.6) is 0 Å². The number of hydrogen-bond acceptors (Lipinski definition) is 5. The van der Waals surface area contributed by atoms with Gasteiger partial charge in [0.05, 0.1) is 8.68 Å². The number of sulfonamides is 1. The minimum Gasteiger partial charge on any atom is -0.210 e. The maximum absolute atomic E-state index is 12.2. The molecule has 1 aromatic heterocycles. The molecule has 1 saturated heterocycles. The first-order chi connectivity index (χ1) is 8.49. The maximum Gasteiger partial charge on any atom is 0.241 e. The van der Waals surface area contributed by atoms with Crippen LogP contribution in [0.15, 0.2) is 14.7 Å². The molecule has 1 unspecified atom stereocenters. The van der Waals surface area contributed by atoms with Crippen molar-refractivity contribution in [1.29, 1.82) is 0 Å². The number of thioether (sulfide) groups is 2. The lowest BCUT2D eigenvalue weighted by atomic mass is 10.5. The van der Waals surface area contributed by atoms with E-state index < -0.39 is 10.0 Å². The number of aryl methyl sites for hydroxylation is 1. The highest BCUT2D eigenvalue weighted by Crippen LogP contribution is 2.30. The molecule has 0 saturated carbocycles. The number of hydrogen-bond donors (Lipinski definition) is 1. The van der Waals surface area contributed by atoms with E-state index in [1.807, 2.05) is 30.4 Å². The van der Waals surface area contributed by atoms with Crippen LogP contribution in [0.3, 0.4) is 0 Å². The van der Waals surface area contributed by atoms with Gasteiger partial charge in [-0.1, -0.05) is 0 Å². The fraction of sp³-hybridized carbons (Fsp3) is 0.600. The summed E-state index contributed by atoms with van der Waals surface area (Å²) in [7, 11) is -3.36. The Morgan fingerprint density at radius 1 is 1.50 bits per heavy atom. The van der Waals surface area contributed by atoms with Gasteiger partial charge in [0, 0.05) is 33.9 Å². The molecular formula is C10H14BrNO2S4. The van der Waals surface area contributed by atoms with Crippen LogP contribution < -0.4 is 4.72 Å². The first kappa shape index (κ1) is 15.2. The average molecular weight is 388 g/mol. The summed E-state index contributed by atoms with van der Waals surface area (Å²) >= 11 is 8.52. The molecule has 0 radical (unpaired) electrons. The van der Waals surface area contributed by atoms with E-state index in [2.05, 4.69) is 20.7 Å². The fourth-order valence-corrected chi connectivity index (χ4v) is 7.84. The summed E-state index contributed by atoms with van der Waals surface area (Å²) in [5.41, 5.74) is 0. The van der Waals surface area contributed by atoms with Crippen LogP contribution in [0.2, 0.25) is 0 Å². The molecule has 0 aliphatic carbocycles. The molecule has 0 amide bonds. The first-order valence-electron chi connectivity index (χ1n) is 5.44. The monoisotopic (exact) mass is 387 g/mol. The Kier molecular flexibility index (Phi) is 5.48. The molecule has 0 spiro atoms. The molecule has 1 aliphatic heterocycles. The van der Waals surface area contributed by atoms with Crippen molar-refractivity contribution >= 4 is 60.8 Å². The minimum absolute atomic E-state index is 0.390. The predicted octanol–water partition coefficient (Wildman–Crippen LogP) is 2.95. The molecular weight excluding hydrogens is 374 g/mol. The second-order valence-corrected chi connectivity index (χ2v) is 10.8. The van der Waals surface area contributed by atoms with Crippen LogP contribution in [0.4, 0.5) is 0 Å². The van der Waals surface area contributed by atoms with Crippen LogP contribution in [0, 0.1) is 6.92 Å². The highest BCUT2D eigenvalue weighted by Gasteiger charge is 2.22. The number of rotatable bonds is 4. The molecule has 2 rings (SSSR count). The number of halogens is 1. The number of nitrogens with one attached hydrogen (secondary N) is 1. The Labute approximate surface area is 129 Å². The van der Waals surface area contributed by atoms with Gasteiger partial charge < -0.3 is 0 Å². The van der Waals surface area contributed by atoms with Gasteiger partial charge in [-0.15, -0.1) is 11.3 Å². The van der Waals surface area contributed by atoms with Crippen molar-refractivity contribution in [2.45, 2.75) is 17.1 Å². The van der Waals surface area contributed by atoms with E-state index in [0.29, 0.717) is 16.7 Å². The first-order valence-corrected chi connectivity index (χ1v) is 10.7. The van der Waals surface area contributed by atoms with Gasteiger partial charge in [-0.3, -0.25) is 0 Å². The predicted molar refractivity (Wildman–Crippen MR) is 85.5 cm³/mol. The summed E-state index contributed by atoms with van der Waals surface area (Å²) in [6.45, 7) is 2.35. The van der Waals surface area contributed by atoms with Crippen LogP contribution >= 0.6 is 50.8 Å². The standard InChI is InChI=1S/C10H14BrNO2S4/c1-7-9(4-10(11)17-7)18(13,14)12-5-8-6-15-2-3-16-8/h4,8,12H,2-3,5-6H2,1H3. The van der Waals surface area contributed by atoms with E-state index in [1.165, 1.54) is 17.1 Å². The average Bonchev–Trinajstić information content (AvgIpc) is 2.68. The highest BCUT2D eigenvalue weighted by molar-refractivity contribution is 9.11. The van der Waals surface area contributed by atoms with E-state index in [9.17, 15) is 8.42 Å². The van der Waals surface area contributed by atoms with Gasteiger partial charge in [0.15, 0.2) is 0 Å². The highest BCUT2D eigenvalue weighted by atomic mass is 79.9. The zero-order valence-corrected chi connectivity index (χ0v) is 14.7. The second kappa shape index (κ2) is 6.49.